The minimum absolute atomic E-state index is 0.177. The first-order valence-electron chi connectivity index (χ1n) is 7.16. The molecule has 0 aromatic rings. The highest BCUT2D eigenvalue weighted by atomic mass is 16.5. The van der Waals surface area contributed by atoms with Gasteiger partial charge < -0.3 is 4.74 Å². The van der Waals surface area contributed by atoms with E-state index in [0.717, 1.165) is 18.1 Å². The zero-order valence-electron chi connectivity index (χ0n) is 10.6. The molecule has 2 atom stereocenters. The smallest absolute Gasteiger partial charge is 0.163 e. The highest BCUT2D eigenvalue weighted by Gasteiger charge is 2.38. The van der Waals surface area contributed by atoms with E-state index >= 15 is 0 Å². The maximum absolute atomic E-state index is 11.5. The molecule has 4 rings (SSSR count). The standard InChI is InChI=1S/C16H18O2/c17-13-7-6-11-8-12-5-4-10-2-1-3-14(10)16(12)18-15(11)9-13/h6,9-10,12H,1-5,7-8H2. The monoisotopic (exact) mass is 242 g/mol. The van der Waals surface area contributed by atoms with Gasteiger partial charge in [-0.2, -0.15) is 0 Å². The molecular weight excluding hydrogens is 224 g/mol. The number of carbonyl (C=O) groups is 1. The number of hydrogen-bond acceptors (Lipinski definition) is 2. The summed E-state index contributed by atoms with van der Waals surface area (Å²) in [7, 11) is 0. The van der Waals surface area contributed by atoms with Gasteiger partial charge in [0.15, 0.2) is 5.78 Å². The molecule has 0 radical (unpaired) electrons. The van der Waals surface area contributed by atoms with Gasteiger partial charge in [0.25, 0.3) is 0 Å². The summed E-state index contributed by atoms with van der Waals surface area (Å²) in [5.74, 6) is 3.63. The molecule has 1 saturated carbocycles. The lowest BCUT2D eigenvalue weighted by molar-refractivity contribution is -0.114. The van der Waals surface area contributed by atoms with Gasteiger partial charge in [0, 0.05) is 18.4 Å². The largest absolute Gasteiger partial charge is 0.461 e. The molecule has 2 fully saturated rings. The Labute approximate surface area is 107 Å². The van der Waals surface area contributed by atoms with Crippen LogP contribution in [0.15, 0.2) is 34.8 Å². The number of rotatable bonds is 0. The van der Waals surface area contributed by atoms with E-state index in [4.69, 9.17) is 4.74 Å². The zero-order chi connectivity index (χ0) is 12.1. The van der Waals surface area contributed by atoms with E-state index in [-0.39, 0.29) is 5.78 Å². The van der Waals surface area contributed by atoms with Crippen LogP contribution in [0.3, 0.4) is 0 Å². The summed E-state index contributed by atoms with van der Waals surface area (Å²) in [6.45, 7) is 0. The predicted molar refractivity (Wildman–Crippen MR) is 68.6 cm³/mol. The van der Waals surface area contributed by atoms with Crippen molar-refractivity contribution >= 4 is 5.78 Å². The van der Waals surface area contributed by atoms with Gasteiger partial charge in [-0.25, -0.2) is 0 Å². The number of hydrogen-bond donors (Lipinski definition) is 0. The third-order valence-electron chi connectivity index (χ3n) is 4.89. The lowest BCUT2D eigenvalue weighted by Gasteiger charge is -2.36. The summed E-state index contributed by atoms with van der Waals surface area (Å²) in [4.78, 5) is 11.5. The molecule has 2 heteroatoms. The van der Waals surface area contributed by atoms with Gasteiger partial charge in [0.2, 0.25) is 0 Å². The van der Waals surface area contributed by atoms with Crippen LogP contribution in [0.4, 0.5) is 0 Å². The normalized spacial score (nSPS) is 34.1. The fourth-order valence-corrected chi connectivity index (χ4v) is 3.98. The molecule has 2 unspecified atom stereocenters. The molecule has 0 aromatic carbocycles. The van der Waals surface area contributed by atoms with Crippen molar-refractivity contribution in [1.29, 1.82) is 0 Å². The third kappa shape index (κ3) is 1.51. The molecule has 2 nitrogen and oxygen atoms in total. The van der Waals surface area contributed by atoms with E-state index in [9.17, 15) is 4.79 Å². The van der Waals surface area contributed by atoms with Crippen LogP contribution in [0.1, 0.15) is 44.9 Å². The Morgan fingerprint density at radius 2 is 2.06 bits per heavy atom. The Kier molecular flexibility index (Phi) is 2.26. The van der Waals surface area contributed by atoms with E-state index in [1.165, 1.54) is 43.4 Å². The summed E-state index contributed by atoms with van der Waals surface area (Å²) in [5.41, 5.74) is 2.84. The molecule has 0 N–H and O–H groups in total. The fraction of sp³-hybridized carbons (Fsp3) is 0.562. The molecule has 0 aromatic heterocycles. The molecule has 3 aliphatic carbocycles. The summed E-state index contributed by atoms with van der Waals surface area (Å²) in [5, 5.41) is 0. The highest BCUT2D eigenvalue weighted by molar-refractivity contribution is 5.93. The molecule has 1 heterocycles. The van der Waals surface area contributed by atoms with Crippen molar-refractivity contribution in [2.75, 3.05) is 0 Å². The number of carbonyl (C=O) groups excluding carboxylic acids is 1. The zero-order valence-corrected chi connectivity index (χ0v) is 10.6. The van der Waals surface area contributed by atoms with Gasteiger partial charge in [-0.05, 0) is 55.6 Å². The van der Waals surface area contributed by atoms with Crippen LogP contribution >= 0.6 is 0 Å². The van der Waals surface area contributed by atoms with Gasteiger partial charge >= 0.3 is 0 Å². The van der Waals surface area contributed by atoms with E-state index in [2.05, 4.69) is 6.08 Å². The van der Waals surface area contributed by atoms with Crippen molar-refractivity contribution < 1.29 is 9.53 Å². The van der Waals surface area contributed by atoms with Gasteiger partial charge in [-0.1, -0.05) is 6.08 Å². The van der Waals surface area contributed by atoms with Crippen LogP contribution in [0.25, 0.3) is 0 Å². The fourth-order valence-electron chi connectivity index (χ4n) is 3.98. The van der Waals surface area contributed by atoms with Gasteiger partial charge in [0.05, 0.1) is 0 Å². The quantitative estimate of drug-likeness (QED) is 0.648. The van der Waals surface area contributed by atoms with Crippen molar-refractivity contribution in [2.45, 2.75) is 44.9 Å². The molecule has 4 aliphatic rings. The highest BCUT2D eigenvalue weighted by Crippen LogP contribution is 2.49. The Balaban J connectivity index is 1.74. The van der Waals surface area contributed by atoms with E-state index in [1.54, 1.807) is 11.6 Å². The van der Waals surface area contributed by atoms with E-state index < -0.39 is 0 Å². The summed E-state index contributed by atoms with van der Waals surface area (Å²) >= 11 is 0. The van der Waals surface area contributed by atoms with E-state index in [0.29, 0.717) is 12.3 Å². The van der Waals surface area contributed by atoms with Crippen molar-refractivity contribution in [2.24, 2.45) is 11.8 Å². The maximum atomic E-state index is 11.5. The SMILES string of the molecule is O=C1C=C2OC3=C4CCCC4CCC3CC2=CC1. The Hall–Kier alpha value is -1.31. The average Bonchev–Trinajstić information content (AvgIpc) is 2.85. The number of fused-ring (bicyclic) bond motifs is 3. The Bertz CT molecular complexity index is 507. The number of ether oxygens (including phenoxy) is 1. The van der Waals surface area contributed by atoms with Gasteiger partial charge in [-0.15, -0.1) is 0 Å². The Morgan fingerprint density at radius 1 is 1.17 bits per heavy atom. The molecule has 94 valence electrons. The second-order valence-electron chi connectivity index (χ2n) is 5.97. The Morgan fingerprint density at radius 3 is 3.00 bits per heavy atom. The summed E-state index contributed by atoms with van der Waals surface area (Å²) in [6.07, 6.45) is 11.9. The molecule has 1 saturated heterocycles. The van der Waals surface area contributed by atoms with Gasteiger partial charge in [-0.3, -0.25) is 4.79 Å². The molecule has 0 amide bonds. The molecule has 18 heavy (non-hydrogen) atoms. The minimum atomic E-state index is 0.177. The van der Waals surface area contributed by atoms with Crippen LogP contribution in [0, 0.1) is 11.8 Å². The first-order valence-corrected chi connectivity index (χ1v) is 7.16. The van der Waals surface area contributed by atoms with Crippen LogP contribution in [0.2, 0.25) is 0 Å². The molecule has 0 bridgehead atoms. The number of allylic oxidation sites excluding steroid dienone is 5. The van der Waals surface area contributed by atoms with Crippen LogP contribution in [0.5, 0.6) is 0 Å². The second kappa shape index (κ2) is 3.84. The van der Waals surface area contributed by atoms with Gasteiger partial charge in [0.1, 0.15) is 11.5 Å². The summed E-state index contributed by atoms with van der Waals surface area (Å²) < 4.78 is 6.13. The van der Waals surface area contributed by atoms with Crippen molar-refractivity contribution in [3.63, 3.8) is 0 Å². The second-order valence-corrected chi connectivity index (χ2v) is 5.97. The first-order chi connectivity index (χ1) is 8.81. The predicted octanol–water partition coefficient (Wildman–Crippen LogP) is 3.65. The number of ketones is 1. The van der Waals surface area contributed by atoms with Crippen LogP contribution in [-0.4, -0.2) is 5.78 Å². The topological polar surface area (TPSA) is 26.3 Å². The lowest BCUT2D eigenvalue weighted by Crippen LogP contribution is -2.25. The summed E-state index contributed by atoms with van der Waals surface area (Å²) in [6, 6.07) is 0. The van der Waals surface area contributed by atoms with E-state index in [1.807, 2.05) is 0 Å². The van der Waals surface area contributed by atoms with Crippen LogP contribution < -0.4 is 0 Å². The first kappa shape index (κ1) is 10.6. The average molecular weight is 242 g/mol. The van der Waals surface area contributed by atoms with Crippen molar-refractivity contribution in [3.05, 3.63) is 34.8 Å². The molecule has 0 spiro atoms. The third-order valence-corrected chi connectivity index (χ3v) is 4.89. The van der Waals surface area contributed by atoms with Crippen LogP contribution in [-0.2, 0) is 9.53 Å². The minimum Gasteiger partial charge on any atom is -0.461 e. The lowest BCUT2D eigenvalue weighted by atomic mass is 9.77. The van der Waals surface area contributed by atoms with Crippen molar-refractivity contribution in [3.8, 4) is 0 Å². The molecular formula is C16H18O2. The maximum Gasteiger partial charge on any atom is 0.163 e. The van der Waals surface area contributed by atoms with Crippen molar-refractivity contribution in [1.82, 2.24) is 0 Å². The molecule has 1 aliphatic heterocycles.